The molecule has 12 aromatic rings. The fraction of sp³-hybridized carbons (Fsp3) is 0. The van der Waals surface area contributed by atoms with Gasteiger partial charge in [0.25, 0.3) is 0 Å². The van der Waals surface area contributed by atoms with E-state index in [1.165, 1.54) is 21.2 Å². The van der Waals surface area contributed by atoms with Gasteiger partial charge in [-0.3, -0.25) is 0 Å². The Kier molecular flexibility index (Phi) is 9.19. The zero-order chi connectivity index (χ0) is 41.7. The van der Waals surface area contributed by atoms with Crippen LogP contribution in [0.25, 0.3) is 76.2 Å². The summed E-state index contributed by atoms with van der Waals surface area (Å²) in [6.07, 6.45) is 0. The van der Waals surface area contributed by atoms with E-state index in [0.717, 1.165) is 76.2 Å². The van der Waals surface area contributed by atoms with E-state index in [0.29, 0.717) is 5.75 Å². The van der Waals surface area contributed by atoms with E-state index in [2.05, 4.69) is 237 Å². The molecule has 0 saturated heterocycles. The van der Waals surface area contributed by atoms with E-state index in [9.17, 15) is 0 Å². The van der Waals surface area contributed by atoms with E-state index < -0.39 is 15.5 Å². The van der Waals surface area contributed by atoms with Gasteiger partial charge in [-0.05, 0) is 0 Å². The molecule has 0 bridgehead atoms. The van der Waals surface area contributed by atoms with Gasteiger partial charge in [0.15, 0.2) is 0 Å². The van der Waals surface area contributed by atoms with Gasteiger partial charge in [-0.1, -0.05) is 12.1 Å². The van der Waals surface area contributed by atoms with Crippen molar-refractivity contribution in [3.63, 3.8) is 0 Å². The molecule has 63 heavy (non-hydrogen) atoms. The predicted octanol–water partition coefficient (Wildman–Crippen LogP) is 14.8. The van der Waals surface area contributed by atoms with Crippen LogP contribution in [0.2, 0.25) is 0 Å². The SMILES string of the molecule is c1ccc([PH](c2ccccc2)(c2ccccc2)c2ccc3ccccc3c2-c2c(Op3oc4ccc5ccccc5c4c4c(ccc5ccccc54)o3)ccc3ccccc23)cc1. The quantitative estimate of drug-likeness (QED) is 0.150. The predicted molar refractivity (Wildman–Crippen MR) is 270 cm³/mol. The van der Waals surface area contributed by atoms with Crippen molar-refractivity contribution in [3.8, 4) is 16.9 Å². The molecule has 0 radical (unpaired) electrons. The van der Waals surface area contributed by atoms with Crippen molar-refractivity contribution in [1.82, 2.24) is 0 Å². The molecule has 3 nitrogen and oxygen atoms in total. The van der Waals surface area contributed by atoms with Crippen molar-refractivity contribution >= 4 is 102 Å². The van der Waals surface area contributed by atoms with Gasteiger partial charge in [-0.25, -0.2) is 0 Å². The first-order valence-electron chi connectivity index (χ1n) is 21.3. The van der Waals surface area contributed by atoms with Crippen LogP contribution in [-0.2, 0) is 0 Å². The fourth-order valence-electron chi connectivity index (χ4n) is 9.94. The number of fused-ring (bicyclic) bond motifs is 9. The maximum absolute atomic E-state index is 7.34. The van der Waals surface area contributed by atoms with Gasteiger partial charge in [0.2, 0.25) is 0 Å². The van der Waals surface area contributed by atoms with Gasteiger partial charge in [0, 0.05) is 0 Å². The summed E-state index contributed by atoms with van der Waals surface area (Å²) in [7, 11) is -5.10. The second-order valence-corrected chi connectivity index (χ2v) is 20.8. The second kappa shape index (κ2) is 15.5. The van der Waals surface area contributed by atoms with Crippen molar-refractivity contribution < 1.29 is 12.9 Å². The Morgan fingerprint density at radius 3 is 1.16 bits per heavy atom. The Hall–Kier alpha value is -7.41. The van der Waals surface area contributed by atoms with Crippen LogP contribution in [0.15, 0.2) is 245 Å². The molecule has 0 N–H and O–H groups in total. The third-order valence-electron chi connectivity index (χ3n) is 12.6. The standard InChI is InChI=1S/C58H40O3P2/c1-4-22-44(23-5-1)63(45-24-6-2-7-25-45,46-26-8-3-9-27-46)54-39-35-43-21-13-17-31-50(43)58(54)57-49-30-16-12-20-42(49)34-38-53(57)61-62-59-51-36-32-40-18-10-14-28-47(40)55(51)56-48-29-15-11-19-41(48)33-37-52(56)60-62/h1-39,63H. The normalized spacial score (nSPS) is 12.1. The van der Waals surface area contributed by atoms with Crippen molar-refractivity contribution in [2.75, 3.05) is 0 Å². The first-order chi connectivity index (χ1) is 31.3. The first-order valence-corrected chi connectivity index (χ1v) is 24.4. The van der Waals surface area contributed by atoms with E-state index in [-0.39, 0.29) is 0 Å². The molecule has 0 aliphatic carbocycles. The number of benzene rings is 11. The minimum atomic E-state index is -3.07. The van der Waals surface area contributed by atoms with E-state index in [1.807, 2.05) is 0 Å². The number of rotatable bonds is 7. The van der Waals surface area contributed by atoms with Crippen molar-refractivity contribution in [1.29, 1.82) is 0 Å². The third kappa shape index (κ3) is 6.16. The Labute approximate surface area is 366 Å². The Balaban J connectivity index is 1.21. The molecule has 0 aliphatic heterocycles. The molecule has 12 rings (SSSR count). The summed E-state index contributed by atoms with van der Waals surface area (Å²) in [4.78, 5) is 0. The molecule has 1 aromatic heterocycles. The summed E-state index contributed by atoms with van der Waals surface area (Å²) >= 11 is 0. The van der Waals surface area contributed by atoms with Gasteiger partial charge in [0.1, 0.15) is 0 Å². The second-order valence-electron chi connectivity index (χ2n) is 16.0. The Bertz CT molecular complexity index is 3520. The van der Waals surface area contributed by atoms with Crippen LogP contribution in [0.3, 0.4) is 0 Å². The number of hydrogen-bond donors (Lipinski definition) is 0. The van der Waals surface area contributed by atoms with Gasteiger partial charge in [-0.15, -0.1) is 0 Å². The van der Waals surface area contributed by atoms with Crippen molar-refractivity contribution in [2.24, 2.45) is 0 Å². The average Bonchev–Trinajstić information content (AvgIpc) is 3.52. The van der Waals surface area contributed by atoms with Crippen LogP contribution in [0.1, 0.15) is 0 Å². The summed E-state index contributed by atoms with van der Waals surface area (Å²) in [5.41, 5.74) is 3.61. The molecular formula is C58H40O3P2. The van der Waals surface area contributed by atoms with Gasteiger partial charge >= 0.3 is 356 Å². The molecule has 300 valence electrons. The van der Waals surface area contributed by atoms with Crippen LogP contribution in [0, 0.1) is 0 Å². The molecule has 0 unspecified atom stereocenters. The fourth-order valence-corrected chi connectivity index (χ4v) is 16.0. The Morgan fingerprint density at radius 2 is 0.683 bits per heavy atom. The molecule has 0 amide bonds. The summed E-state index contributed by atoms with van der Waals surface area (Å²) in [5.74, 6) is 0.695. The Morgan fingerprint density at radius 1 is 0.317 bits per heavy atom. The first kappa shape index (κ1) is 37.4. The molecule has 1 heterocycles. The van der Waals surface area contributed by atoms with Crippen molar-refractivity contribution in [3.05, 3.63) is 237 Å². The summed E-state index contributed by atoms with van der Waals surface area (Å²) in [6.45, 7) is 0. The third-order valence-corrected chi connectivity index (χ3v) is 18.5. The summed E-state index contributed by atoms with van der Waals surface area (Å²) in [6, 6.07) is 85.2. The molecule has 5 heteroatoms. The number of hydrogen-bond acceptors (Lipinski definition) is 3. The molecular weight excluding hydrogens is 807 g/mol. The van der Waals surface area contributed by atoms with Crippen molar-refractivity contribution in [2.45, 2.75) is 0 Å². The van der Waals surface area contributed by atoms with E-state index >= 15 is 0 Å². The van der Waals surface area contributed by atoms with Gasteiger partial charge in [-0.2, -0.15) is 0 Å². The molecule has 0 fully saturated rings. The summed E-state index contributed by atoms with van der Waals surface area (Å²) < 4.78 is 21.4. The van der Waals surface area contributed by atoms with Crippen LogP contribution in [0.5, 0.6) is 5.75 Å². The maximum atomic E-state index is 7.34. The monoisotopic (exact) mass is 846 g/mol. The average molecular weight is 847 g/mol. The summed E-state index contributed by atoms with van der Waals surface area (Å²) in [5, 5.41) is 16.2. The van der Waals surface area contributed by atoms with E-state index in [1.54, 1.807) is 0 Å². The topological polar surface area (TPSA) is 35.5 Å². The van der Waals surface area contributed by atoms with Crippen LogP contribution >= 0.6 is 15.5 Å². The molecule has 11 aromatic carbocycles. The van der Waals surface area contributed by atoms with Crippen LogP contribution < -0.4 is 25.7 Å². The minimum absolute atomic E-state index is 0.695. The molecule has 0 saturated carbocycles. The van der Waals surface area contributed by atoms with E-state index in [4.69, 9.17) is 12.9 Å². The zero-order valence-electron chi connectivity index (χ0n) is 34.2. The van der Waals surface area contributed by atoms with Crippen LogP contribution in [0.4, 0.5) is 0 Å². The van der Waals surface area contributed by atoms with Crippen LogP contribution in [-0.4, -0.2) is 0 Å². The van der Waals surface area contributed by atoms with Gasteiger partial charge < -0.3 is 0 Å². The molecule has 0 atom stereocenters. The van der Waals surface area contributed by atoms with Gasteiger partial charge in [0.05, 0.1) is 0 Å². The molecule has 0 spiro atoms. The molecule has 0 aliphatic rings. The zero-order valence-corrected chi connectivity index (χ0v) is 36.1.